The number of aliphatic hydroxyl groups is 1. The van der Waals surface area contributed by atoms with E-state index in [0.717, 1.165) is 25.2 Å². The zero-order chi connectivity index (χ0) is 15.1. The van der Waals surface area contributed by atoms with Crippen molar-refractivity contribution in [3.63, 3.8) is 0 Å². The van der Waals surface area contributed by atoms with Gasteiger partial charge in [0.05, 0.1) is 6.61 Å². The van der Waals surface area contributed by atoms with E-state index in [1.165, 1.54) is 0 Å². The van der Waals surface area contributed by atoms with E-state index in [-0.39, 0.29) is 18.4 Å². The number of nitrogens with zero attached hydrogens (tertiary/aromatic N) is 2. The molecule has 1 heterocycles. The lowest BCUT2D eigenvalue weighted by molar-refractivity contribution is -0.125. The fourth-order valence-corrected chi connectivity index (χ4v) is 2.61. The Kier molecular flexibility index (Phi) is 7.19. The molecule has 1 rings (SSSR count). The van der Waals surface area contributed by atoms with Gasteiger partial charge in [-0.1, -0.05) is 5.57 Å². The van der Waals surface area contributed by atoms with Gasteiger partial charge in [0.25, 0.3) is 0 Å². The first-order chi connectivity index (χ1) is 9.47. The van der Waals surface area contributed by atoms with Gasteiger partial charge in [-0.2, -0.15) is 0 Å². The Morgan fingerprint density at radius 3 is 2.60 bits per heavy atom. The van der Waals surface area contributed by atoms with Gasteiger partial charge in [0.1, 0.15) is 0 Å². The first kappa shape index (κ1) is 17.1. The van der Waals surface area contributed by atoms with Crippen LogP contribution in [0, 0.1) is 11.8 Å². The van der Waals surface area contributed by atoms with Crippen LogP contribution < -0.4 is 0 Å². The molecular formula is C15H28N2O3. The molecule has 2 atom stereocenters. The number of methoxy groups -OCH3 is 1. The lowest BCUT2D eigenvalue weighted by Gasteiger charge is -2.23. The Balaban J connectivity index is 2.55. The van der Waals surface area contributed by atoms with Crippen molar-refractivity contribution >= 4 is 5.91 Å². The summed E-state index contributed by atoms with van der Waals surface area (Å²) in [6.45, 7) is 7.82. The van der Waals surface area contributed by atoms with Gasteiger partial charge in [-0.15, -0.1) is 0 Å². The molecule has 5 nitrogen and oxygen atoms in total. The highest BCUT2D eigenvalue weighted by Crippen LogP contribution is 2.24. The second kappa shape index (κ2) is 8.39. The van der Waals surface area contributed by atoms with Crippen LogP contribution in [0.1, 0.15) is 13.8 Å². The van der Waals surface area contributed by atoms with Crippen LogP contribution in [0.3, 0.4) is 0 Å². The average Bonchev–Trinajstić information content (AvgIpc) is 2.78. The van der Waals surface area contributed by atoms with Crippen LogP contribution in [0.15, 0.2) is 11.6 Å². The minimum Gasteiger partial charge on any atom is -0.396 e. The second-order valence-electron chi connectivity index (χ2n) is 5.92. The Bertz CT molecular complexity index is 340. The normalized spacial score (nSPS) is 22.4. The summed E-state index contributed by atoms with van der Waals surface area (Å²) in [6.07, 6.45) is 1.67. The molecule has 0 aromatic heterocycles. The fraction of sp³-hybridized carbons (Fsp3) is 0.800. The Labute approximate surface area is 122 Å². The zero-order valence-corrected chi connectivity index (χ0v) is 13.1. The van der Waals surface area contributed by atoms with Crippen LogP contribution in [-0.2, 0) is 9.53 Å². The third-order valence-electron chi connectivity index (χ3n) is 3.76. The molecule has 0 aliphatic carbocycles. The van der Waals surface area contributed by atoms with Gasteiger partial charge in [-0.25, -0.2) is 0 Å². The number of likely N-dealkylation sites (N-methyl/N-ethyl adjacent to an activating group) is 1. The maximum atomic E-state index is 12.1. The lowest BCUT2D eigenvalue weighted by atomic mass is 9.96. The molecule has 1 aliphatic rings. The van der Waals surface area contributed by atoms with Gasteiger partial charge < -0.3 is 19.6 Å². The van der Waals surface area contributed by atoms with Crippen LogP contribution in [0.4, 0.5) is 0 Å². The molecule has 1 saturated heterocycles. The molecule has 1 N–H and O–H groups in total. The molecule has 20 heavy (non-hydrogen) atoms. The predicted molar refractivity (Wildman–Crippen MR) is 79.4 cm³/mol. The largest absolute Gasteiger partial charge is 0.396 e. The van der Waals surface area contributed by atoms with E-state index < -0.39 is 0 Å². The molecule has 0 aromatic carbocycles. The van der Waals surface area contributed by atoms with Crippen LogP contribution in [-0.4, -0.2) is 74.4 Å². The Morgan fingerprint density at radius 1 is 1.40 bits per heavy atom. The highest BCUT2D eigenvalue weighted by Gasteiger charge is 2.34. The van der Waals surface area contributed by atoms with Crippen molar-refractivity contribution in [1.82, 2.24) is 9.80 Å². The third kappa shape index (κ3) is 5.23. The summed E-state index contributed by atoms with van der Waals surface area (Å²) >= 11 is 0. The van der Waals surface area contributed by atoms with E-state index in [1.807, 2.05) is 25.8 Å². The van der Waals surface area contributed by atoms with E-state index in [4.69, 9.17) is 4.74 Å². The van der Waals surface area contributed by atoms with Crippen molar-refractivity contribution in [1.29, 1.82) is 0 Å². The van der Waals surface area contributed by atoms with Gasteiger partial charge in [-0.05, 0) is 26.8 Å². The van der Waals surface area contributed by atoms with Gasteiger partial charge in [-0.3, -0.25) is 4.79 Å². The highest BCUT2D eigenvalue weighted by molar-refractivity contribution is 5.88. The van der Waals surface area contributed by atoms with Crippen molar-refractivity contribution in [3.8, 4) is 0 Å². The number of allylic oxidation sites excluding steroid dienone is 1. The number of carbonyl (C=O) groups excluding carboxylic acids is 1. The van der Waals surface area contributed by atoms with Gasteiger partial charge >= 0.3 is 0 Å². The van der Waals surface area contributed by atoms with E-state index >= 15 is 0 Å². The predicted octanol–water partition coefficient (Wildman–Crippen LogP) is 0.598. The van der Waals surface area contributed by atoms with Crippen LogP contribution in [0.5, 0.6) is 0 Å². The van der Waals surface area contributed by atoms with E-state index in [2.05, 4.69) is 4.90 Å². The van der Waals surface area contributed by atoms with Crippen molar-refractivity contribution in [2.45, 2.75) is 13.8 Å². The summed E-state index contributed by atoms with van der Waals surface area (Å²) in [4.78, 5) is 16.1. The van der Waals surface area contributed by atoms with E-state index in [9.17, 15) is 9.90 Å². The molecule has 0 aromatic rings. The first-order valence-corrected chi connectivity index (χ1v) is 7.20. The summed E-state index contributed by atoms with van der Waals surface area (Å²) in [5.41, 5.74) is 1.01. The van der Waals surface area contributed by atoms with E-state index in [0.29, 0.717) is 19.1 Å². The van der Waals surface area contributed by atoms with Crippen molar-refractivity contribution < 1.29 is 14.6 Å². The minimum atomic E-state index is 0.0606. The molecule has 1 amide bonds. The van der Waals surface area contributed by atoms with Crippen molar-refractivity contribution in [2.24, 2.45) is 11.8 Å². The lowest BCUT2D eigenvalue weighted by Crippen LogP contribution is -2.33. The topological polar surface area (TPSA) is 53.0 Å². The summed E-state index contributed by atoms with van der Waals surface area (Å²) in [5, 5.41) is 9.51. The van der Waals surface area contributed by atoms with Crippen molar-refractivity contribution in [2.75, 3.05) is 53.6 Å². The standard InChI is InChI=1S/C15H28N2O3/c1-12(2)7-15(19)17-9-13(14(10-17)11-18)8-16(3)5-6-20-4/h7,13-14,18H,5-6,8-11H2,1-4H3/t13-,14-/m1/s1. The van der Waals surface area contributed by atoms with E-state index in [1.54, 1.807) is 13.2 Å². The zero-order valence-electron chi connectivity index (χ0n) is 13.1. The molecule has 0 saturated carbocycles. The number of likely N-dealkylation sites (tertiary alicyclic amines) is 1. The van der Waals surface area contributed by atoms with Crippen LogP contribution >= 0.6 is 0 Å². The molecule has 0 spiro atoms. The summed E-state index contributed by atoms with van der Waals surface area (Å²) in [5.74, 6) is 0.566. The molecule has 0 bridgehead atoms. The first-order valence-electron chi connectivity index (χ1n) is 7.20. The molecule has 0 radical (unpaired) electrons. The number of rotatable bonds is 7. The quantitative estimate of drug-likeness (QED) is 0.696. The summed E-state index contributed by atoms with van der Waals surface area (Å²) < 4.78 is 5.07. The smallest absolute Gasteiger partial charge is 0.246 e. The summed E-state index contributed by atoms with van der Waals surface area (Å²) in [7, 11) is 3.74. The molecule has 5 heteroatoms. The van der Waals surface area contributed by atoms with Crippen LogP contribution in [0.2, 0.25) is 0 Å². The SMILES string of the molecule is COCCN(C)C[C@@H]1CN(C(=O)C=C(C)C)C[C@@H]1CO. The van der Waals surface area contributed by atoms with Gasteiger partial charge in [0.2, 0.25) is 5.91 Å². The average molecular weight is 284 g/mol. The highest BCUT2D eigenvalue weighted by atomic mass is 16.5. The molecule has 1 aliphatic heterocycles. The number of carbonyl (C=O) groups is 1. The van der Waals surface area contributed by atoms with Gasteiger partial charge in [0, 0.05) is 51.9 Å². The maximum absolute atomic E-state index is 12.1. The van der Waals surface area contributed by atoms with Crippen LogP contribution in [0.25, 0.3) is 0 Å². The maximum Gasteiger partial charge on any atom is 0.246 e. The Hall–Kier alpha value is -0.910. The number of hydrogen-bond acceptors (Lipinski definition) is 4. The Morgan fingerprint density at radius 2 is 2.05 bits per heavy atom. The van der Waals surface area contributed by atoms with Gasteiger partial charge in [0.15, 0.2) is 0 Å². The monoisotopic (exact) mass is 284 g/mol. The number of ether oxygens (including phenoxy) is 1. The number of hydrogen-bond donors (Lipinski definition) is 1. The molecule has 116 valence electrons. The molecular weight excluding hydrogens is 256 g/mol. The van der Waals surface area contributed by atoms with Crippen molar-refractivity contribution in [3.05, 3.63) is 11.6 Å². The second-order valence-corrected chi connectivity index (χ2v) is 5.92. The molecule has 1 fully saturated rings. The molecule has 0 unspecified atom stereocenters. The summed E-state index contributed by atoms with van der Waals surface area (Å²) in [6, 6.07) is 0. The minimum absolute atomic E-state index is 0.0606. The fourth-order valence-electron chi connectivity index (χ4n) is 2.61. The third-order valence-corrected chi connectivity index (χ3v) is 3.76. The number of amides is 1. The number of aliphatic hydroxyl groups excluding tert-OH is 1.